The minimum absolute atomic E-state index is 0.0357. The predicted molar refractivity (Wildman–Crippen MR) is 160 cm³/mol. The van der Waals surface area contributed by atoms with Gasteiger partial charge in [0.05, 0.1) is 11.5 Å². The number of allylic oxidation sites excluding steroid dienone is 7. The minimum atomic E-state index is -3.86. The third kappa shape index (κ3) is 9.73. The molecule has 0 heterocycles. The first-order valence-corrected chi connectivity index (χ1v) is 16.4. The average molecular weight is 606 g/mol. The lowest BCUT2D eigenvalue weighted by Crippen LogP contribution is -2.45. The van der Waals surface area contributed by atoms with Gasteiger partial charge in [0.1, 0.15) is 6.04 Å². The second-order valence-electron chi connectivity index (χ2n) is 10.8. The standard InChI is InChI=1S/C29H42N4O6S2/c1-21(2)19-33(41(38,39)27-14-12-25(30)13-15-27)26(20-34)9-5-6-16-31-29(35)28(32-40(36)37)18-22-10-11-23-7-3-4-8-24(23)17-22/h3-4,7-8,10-15,17,21,23-24,26,28,32,34H,5-6,9,16,18-20,30H2,1-2H3,(H,31,35)(H,36,37)/p-1/t23?,24?,26-,28-/m0/s1. The summed E-state index contributed by atoms with van der Waals surface area (Å²) in [5, 5.41) is 12.9. The van der Waals surface area contributed by atoms with Crippen LogP contribution in [0.5, 0.6) is 0 Å². The Kier molecular flexibility index (Phi) is 12.5. The van der Waals surface area contributed by atoms with E-state index < -0.39 is 39.3 Å². The molecule has 2 aliphatic rings. The Bertz CT molecular complexity index is 1270. The molecule has 3 unspecified atom stereocenters. The van der Waals surface area contributed by atoms with Crippen LogP contribution in [0, 0.1) is 17.8 Å². The van der Waals surface area contributed by atoms with Crippen molar-refractivity contribution in [3.8, 4) is 0 Å². The molecule has 3 rings (SSSR count). The van der Waals surface area contributed by atoms with Gasteiger partial charge in [-0.2, -0.15) is 4.31 Å². The Balaban J connectivity index is 1.55. The summed E-state index contributed by atoms with van der Waals surface area (Å²) in [4.78, 5) is 13.0. The number of carbonyl (C=O) groups excluding carboxylic acids is 1. The van der Waals surface area contributed by atoms with Gasteiger partial charge in [-0.3, -0.25) is 9.00 Å². The predicted octanol–water partition coefficient (Wildman–Crippen LogP) is 2.56. The maximum atomic E-state index is 13.4. The highest BCUT2D eigenvalue weighted by Gasteiger charge is 2.31. The topological polar surface area (TPSA) is 165 Å². The molecule has 0 bridgehead atoms. The van der Waals surface area contributed by atoms with Gasteiger partial charge in [0, 0.05) is 47.9 Å². The van der Waals surface area contributed by atoms with Crippen molar-refractivity contribution in [3.63, 3.8) is 0 Å². The number of carbonyl (C=O) groups is 1. The SMILES string of the molecule is CC(C)CN([C@H](CO)CCCCNC(=O)[C@H](CC1=CC2C=CC=CC2C=C1)NS(=O)[O-])S(=O)(=O)c1ccc(N)cc1. The zero-order valence-corrected chi connectivity index (χ0v) is 25.1. The number of hydrogen-bond donors (Lipinski definition) is 4. The Labute approximate surface area is 245 Å². The van der Waals surface area contributed by atoms with Crippen molar-refractivity contribution in [2.45, 2.75) is 56.5 Å². The van der Waals surface area contributed by atoms with E-state index >= 15 is 0 Å². The van der Waals surface area contributed by atoms with E-state index in [1.807, 2.05) is 32.1 Å². The van der Waals surface area contributed by atoms with Gasteiger partial charge < -0.3 is 20.7 Å². The van der Waals surface area contributed by atoms with E-state index in [1.165, 1.54) is 28.6 Å². The number of nitrogen functional groups attached to an aromatic ring is 1. The molecule has 12 heteroatoms. The molecule has 41 heavy (non-hydrogen) atoms. The van der Waals surface area contributed by atoms with Crippen LogP contribution >= 0.6 is 0 Å². The first-order chi connectivity index (χ1) is 19.5. The normalized spacial score (nSPS) is 20.5. The fourth-order valence-electron chi connectivity index (χ4n) is 4.96. The largest absolute Gasteiger partial charge is 0.760 e. The fourth-order valence-corrected chi connectivity index (χ4v) is 7.19. The van der Waals surface area contributed by atoms with Gasteiger partial charge in [0.15, 0.2) is 0 Å². The molecule has 10 nitrogen and oxygen atoms in total. The molecular weight excluding hydrogens is 564 g/mol. The summed E-state index contributed by atoms with van der Waals surface area (Å²) in [6.07, 6.45) is 15.8. The van der Waals surface area contributed by atoms with Crippen molar-refractivity contribution in [3.05, 3.63) is 72.4 Å². The lowest BCUT2D eigenvalue weighted by Gasteiger charge is -2.31. The lowest BCUT2D eigenvalue weighted by molar-refractivity contribution is -0.122. The number of benzene rings is 1. The number of nitrogens with two attached hydrogens (primary N) is 1. The number of nitrogens with one attached hydrogen (secondary N) is 2. The zero-order valence-electron chi connectivity index (χ0n) is 23.5. The Morgan fingerprint density at radius 1 is 1.12 bits per heavy atom. The fraction of sp³-hybridized carbons (Fsp3) is 0.483. The average Bonchev–Trinajstić information content (AvgIpc) is 2.93. The molecule has 0 saturated carbocycles. The van der Waals surface area contributed by atoms with Gasteiger partial charge in [-0.1, -0.05) is 62.8 Å². The van der Waals surface area contributed by atoms with Crippen LogP contribution in [-0.4, -0.2) is 64.3 Å². The van der Waals surface area contributed by atoms with Gasteiger partial charge in [0.2, 0.25) is 15.9 Å². The molecular formula is C29H41N4O6S2-. The van der Waals surface area contributed by atoms with E-state index in [-0.39, 0.29) is 48.8 Å². The number of sulfonamides is 1. The van der Waals surface area contributed by atoms with Crippen molar-refractivity contribution in [1.29, 1.82) is 0 Å². The highest BCUT2D eigenvalue weighted by atomic mass is 32.2. The van der Waals surface area contributed by atoms with Crippen molar-refractivity contribution < 1.29 is 27.1 Å². The molecule has 1 amide bonds. The number of anilines is 1. The van der Waals surface area contributed by atoms with Gasteiger partial charge in [-0.25, -0.2) is 13.1 Å². The summed E-state index contributed by atoms with van der Waals surface area (Å²) in [6, 6.07) is 4.39. The molecule has 0 aromatic heterocycles. The van der Waals surface area contributed by atoms with Crippen molar-refractivity contribution in [2.24, 2.45) is 17.8 Å². The number of aliphatic hydroxyl groups is 1. The van der Waals surface area contributed by atoms with E-state index in [1.54, 1.807) is 0 Å². The third-order valence-corrected chi connectivity index (χ3v) is 9.48. The van der Waals surface area contributed by atoms with Crippen molar-refractivity contribution >= 4 is 32.9 Å². The van der Waals surface area contributed by atoms with Gasteiger partial charge in [-0.15, -0.1) is 0 Å². The van der Waals surface area contributed by atoms with E-state index in [9.17, 15) is 27.1 Å². The van der Waals surface area contributed by atoms with Crippen molar-refractivity contribution in [1.82, 2.24) is 14.3 Å². The van der Waals surface area contributed by atoms with E-state index in [2.05, 4.69) is 34.3 Å². The maximum absolute atomic E-state index is 13.4. The quantitative estimate of drug-likeness (QED) is 0.128. The zero-order chi connectivity index (χ0) is 30.0. The van der Waals surface area contributed by atoms with Crippen LogP contribution in [-0.2, 0) is 26.1 Å². The number of nitrogens with zero attached hydrogens (tertiary/aromatic N) is 1. The van der Waals surface area contributed by atoms with Gasteiger partial charge in [-0.05, 0) is 55.0 Å². The number of fused-ring (bicyclic) bond motifs is 1. The van der Waals surface area contributed by atoms with E-state index in [0.717, 1.165) is 5.57 Å². The minimum Gasteiger partial charge on any atom is -0.760 e. The van der Waals surface area contributed by atoms with E-state index in [4.69, 9.17) is 5.73 Å². The maximum Gasteiger partial charge on any atom is 0.243 e. The van der Waals surface area contributed by atoms with Crippen molar-refractivity contribution in [2.75, 3.05) is 25.4 Å². The molecule has 5 atom stereocenters. The molecule has 0 saturated heterocycles. The number of aliphatic hydroxyl groups excluding tert-OH is 1. The smallest absolute Gasteiger partial charge is 0.243 e. The summed E-state index contributed by atoms with van der Waals surface area (Å²) in [5.74, 6) is 0.0441. The molecule has 226 valence electrons. The summed E-state index contributed by atoms with van der Waals surface area (Å²) >= 11 is -2.62. The lowest BCUT2D eigenvalue weighted by atomic mass is 9.82. The second-order valence-corrected chi connectivity index (χ2v) is 13.4. The van der Waals surface area contributed by atoms with Crippen LogP contribution < -0.4 is 15.8 Å². The first kappa shape index (κ1) is 32.9. The van der Waals surface area contributed by atoms with Gasteiger partial charge >= 0.3 is 0 Å². The van der Waals surface area contributed by atoms with E-state index in [0.29, 0.717) is 24.9 Å². The summed E-state index contributed by atoms with van der Waals surface area (Å²) in [5.41, 5.74) is 7.05. The number of rotatable bonds is 16. The van der Waals surface area contributed by atoms with Crippen LogP contribution in [0.2, 0.25) is 0 Å². The Morgan fingerprint density at radius 2 is 1.80 bits per heavy atom. The summed E-state index contributed by atoms with van der Waals surface area (Å²) < 4.78 is 53.2. The second kappa shape index (κ2) is 15.6. The molecule has 0 fully saturated rings. The highest BCUT2D eigenvalue weighted by molar-refractivity contribution is 7.89. The van der Waals surface area contributed by atoms with Crippen LogP contribution in [0.3, 0.4) is 0 Å². The molecule has 0 spiro atoms. The highest BCUT2D eigenvalue weighted by Crippen LogP contribution is 2.29. The van der Waals surface area contributed by atoms with Gasteiger partial charge in [0.25, 0.3) is 0 Å². The summed E-state index contributed by atoms with van der Waals surface area (Å²) in [6.45, 7) is 4.00. The molecule has 1 aromatic carbocycles. The molecule has 1 aromatic rings. The molecule has 5 N–H and O–H groups in total. The first-order valence-electron chi connectivity index (χ1n) is 13.9. The number of amides is 1. The number of hydrogen-bond acceptors (Lipinski definition) is 7. The summed E-state index contributed by atoms with van der Waals surface area (Å²) in [7, 11) is -3.86. The molecule has 0 aliphatic heterocycles. The third-order valence-electron chi connectivity index (χ3n) is 7.07. The van der Waals surface area contributed by atoms with Crippen LogP contribution in [0.15, 0.2) is 77.3 Å². The molecule has 2 aliphatic carbocycles. The molecule has 0 radical (unpaired) electrons. The van der Waals surface area contributed by atoms with Crippen LogP contribution in [0.25, 0.3) is 0 Å². The van der Waals surface area contributed by atoms with Crippen LogP contribution in [0.1, 0.15) is 39.5 Å². The Morgan fingerprint density at radius 3 is 2.44 bits per heavy atom. The van der Waals surface area contributed by atoms with Crippen LogP contribution in [0.4, 0.5) is 5.69 Å². The Hall–Kier alpha value is -2.61. The number of unbranched alkanes of at least 4 members (excludes halogenated alkanes) is 1. The monoisotopic (exact) mass is 605 g/mol.